The number of nitrogens with zero attached hydrogens (tertiary/aromatic N) is 1. The fourth-order valence-electron chi connectivity index (χ4n) is 2.98. The summed E-state index contributed by atoms with van der Waals surface area (Å²) in [5.74, 6) is 0.680. The predicted octanol–water partition coefficient (Wildman–Crippen LogP) is 3.63. The molecule has 0 saturated heterocycles. The largest absolute Gasteiger partial charge is 0.497 e. The van der Waals surface area contributed by atoms with Gasteiger partial charge in [-0.2, -0.15) is 5.10 Å². The van der Waals surface area contributed by atoms with Crippen molar-refractivity contribution < 1.29 is 23.8 Å². The van der Waals surface area contributed by atoms with Crippen LogP contribution in [-0.4, -0.2) is 39.4 Å². The number of hydrogen-bond acceptors (Lipinski definition) is 6. The smallest absolute Gasteiger partial charge is 0.287 e. The number of carbonyl (C=O) groups is 2. The Morgan fingerprint density at radius 3 is 2.26 bits per heavy atom. The number of hydrogen-bond donors (Lipinski definition) is 2. The molecule has 0 aliphatic heterocycles. The molecule has 174 valence electrons. The van der Waals surface area contributed by atoms with Crippen molar-refractivity contribution in [3.63, 3.8) is 0 Å². The van der Waals surface area contributed by atoms with Gasteiger partial charge in [-0.15, -0.1) is 0 Å². The molecule has 0 spiro atoms. The van der Waals surface area contributed by atoms with Gasteiger partial charge in [-0.1, -0.05) is 30.3 Å². The molecule has 0 aliphatic carbocycles. The Hall–Kier alpha value is -4.59. The van der Waals surface area contributed by atoms with E-state index in [0.29, 0.717) is 28.4 Å². The van der Waals surface area contributed by atoms with Crippen LogP contribution in [-0.2, 0) is 4.79 Å². The van der Waals surface area contributed by atoms with Crippen LogP contribution >= 0.6 is 0 Å². The fourth-order valence-corrected chi connectivity index (χ4v) is 2.98. The summed E-state index contributed by atoms with van der Waals surface area (Å²) in [6.07, 6.45) is 2.99. The lowest BCUT2D eigenvalue weighted by Crippen LogP contribution is -2.32. The van der Waals surface area contributed by atoms with E-state index in [4.69, 9.17) is 14.2 Å². The number of amides is 2. The second-order valence-electron chi connectivity index (χ2n) is 6.96. The van der Waals surface area contributed by atoms with E-state index in [0.717, 1.165) is 5.56 Å². The van der Waals surface area contributed by atoms with Crippen LogP contribution in [0, 0.1) is 0 Å². The van der Waals surface area contributed by atoms with Crippen LogP contribution in [0.2, 0.25) is 0 Å². The third-order valence-corrected chi connectivity index (χ3v) is 4.74. The number of rotatable bonds is 9. The molecule has 0 unspecified atom stereocenters. The number of ether oxygens (including phenoxy) is 3. The highest BCUT2D eigenvalue weighted by molar-refractivity contribution is 6.05. The van der Waals surface area contributed by atoms with Crippen molar-refractivity contribution in [2.24, 2.45) is 5.10 Å². The fraction of sp³-hybridized carbons (Fsp3) is 0.115. The Kier molecular flexibility index (Phi) is 8.40. The standard InChI is InChI=1S/C26H25N3O5/c1-32-21-11-7-8-18(14-21)17-27-29-26(31)23(28-25(30)19-9-5-4-6-10-19)15-20-12-13-22(33-2)16-24(20)34-3/h4-17H,1-3H3,(H,28,30)(H,29,31)/b23-15+,27-17+. The van der Waals surface area contributed by atoms with Gasteiger partial charge in [0, 0.05) is 17.2 Å². The first kappa shape index (κ1) is 24.1. The molecule has 0 radical (unpaired) electrons. The second-order valence-corrected chi connectivity index (χ2v) is 6.96. The summed E-state index contributed by atoms with van der Waals surface area (Å²) >= 11 is 0. The molecule has 8 nitrogen and oxygen atoms in total. The van der Waals surface area contributed by atoms with Gasteiger partial charge >= 0.3 is 0 Å². The third-order valence-electron chi connectivity index (χ3n) is 4.74. The summed E-state index contributed by atoms with van der Waals surface area (Å²) < 4.78 is 15.8. The van der Waals surface area contributed by atoms with Crippen LogP contribution in [0.3, 0.4) is 0 Å². The molecule has 0 aromatic heterocycles. The molecule has 3 rings (SSSR count). The highest BCUT2D eigenvalue weighted by atomic mass is 16.5. The molecule has 0 aliphatic rings. The van der Waals surface area contributed by atoms with Gasteiger partial charge in [-0.05, 0) is 48.0 Å². The molecular formula is C26H25N3O5. The van der Waals surface area contributed by atoms with Crippen LogP contribution in [0.4, 0.5) is 0 Å². The van der Waals surface area contributed by atoms with E-state index in [2.05, 4.69) is 15.8 Å². The maximum atomic E-state index is 13.0. The summed E-state index contributed by atoms with van der Waals surface area (Å²) in [7, 11) is 4.62. The molecule has 0 atom stereocenters. The number of nitrogens with one attached hydrogen (secondary N) is 2. The lowest BCUT2D eigenvalue weighted by Gasteiger charge is -2.11. The summed E-state index contributed by atoms with van der Waals surface area (Å²) in [6.45, 7) is 0. The van der Waals surface area contributed by atoms with Crippen LogP contribution in [0.15, 0.2) is 83.6 Å². The molecule has 0 fully saturated rings. The Labute approximate surface area is 197 Å². The van der Waals surface area contributed by atoms with Crippen molar-refractivity contribution in [3.8, 4) is 17.2 Å². The van der Waals surface area contributed by atoms with Gasteiger partial charge in [-0.3, -0.25) is 9.59 Å². The predicted molar refractivity (Wildman–Crippen MR) is 130 cm³/mol. The van der Waals surface area contributed by atoms with Crippen molar-refractivity contribution in [2.75, 3.05) is 21.3 Å². The van der Waals surface area contributed by atoms with Crippen molar-refractivity contribution >= 4 is 24.1 Å². The Morgan fingerprint density at radius 2 is 1.56 bits per heavy atom. The summed E-state index contributed by atoms with van der Waals surface area (Å²) in [6, 6.07) is 20.9. The van der Waals surface area contributed by atoms with Crippen LogP contribution < -0.4 is 25.0 Å². The Morgan fingerprint density at radius 1 is 0.824 bits per heavy atom. The normalized spacial score (nSPS) is 11.1. The average Bonchev–Trinajstić information content (AvgIpc) is 2.88. The van der Waals surface area contributed by atoms with E-state index in [1.807, 2.05) is 12.1 Å². The van der Waals surface area contributed by atoms with Gasteiger partial charge in [0.2, 0.25) is 0 Å². The number of benzene rings is 3. The van der Waals surface area contributed by atoms with Crippen LogP contribution in [0.25, 0.3) is 6.08 Å². The number of methoxy groups -OCH3 is 3. The zero-order chi connectivity index (χ0) is 24.3. The molecular weight excluding hydrogens is 434 g/mol. The first-order valence-electron chi connectivity index (χ1n) is 10.3. The topological polar surface area (TPSA) is 98.2 Å². The maximum Gasteiger partial charge on any atom is 0.287 e. The molecule has 0 heterocycles. The second kappa shape index (κ2) is 11.9. The van der Waals surface area contributed by atoms with Crippen molar-refractivity contribution in [1.29, 1.82) is 0 Å². The van der Waals surface area contributed by atoms with Crippen LogP contribution in [0.1, 0.15) is 21.5 Å². The SMILES string of the molecule is COc1cccc(/C=N/NC(=O)/C(=C\c2ccc(OC)cc2OC)NC(=O)c2ccccc2)c1. The monoisotopic (exact) mass is 459 g/mol. The molecule has 0 bridgehead atoms. The molecule has 2 N–H and O–H groups in total. The minimum absolute atomic E-state index is 0.0138. The number of carbonyl (C=O) groups excluding carboxylic acids is 2. The van der Waals surface area contributed by atoms with Crippen molar-refractivity contribution in [2.45, 2.75) is 0 Å². The molecule has 34 heavy (non-hydrogen) atoms. The van der Waals surface area contributed by atoms with Gasteiger partial charge in [0.05, 0.1) is 27.5 Å². The average molecular weight is 460 g/mol. The third kappa shape index (κ3) is 6.46. The van der Waals surface area contributed by atoms with Gasteiger partial charge in [0.15, 0.2) is 0 Å². The van der Waals surface area contributed by atoms with E-state index >= 15 is 0 Å². The number of hydrazone groups is 1. The summed E-state index contributed by atoms with van der Waals surface area (Å²) in [5.41, 5.74) is 4.14. The summed E-state index contributed by atoms with van der Waals surface area (Å²) in [4.78, 5) is 25.7. The van der Waals surface area contributed by atoms with Gasteiger partial charge < -0.3 is 19.5 Å². The quantitative estimate of drug-likeness (QED) is 0.289. The van der Waals surface area contributed by atoms with E-state index in [9.17, 15) is 9.59 Å². The van der Waals surface area contributed by atoms with E-state index in [1.165, 1.54) is 19.4 Å². The maximum absolute atomic E-state index is 13.0. The van der Waals surface area contributed by atoms with Gasteiger partial charge in [0.25, 0.3) is 11.8 Å². The molecule has 0 saturated carbocycles. The van der Waals surface area contributed by atoms with Crippen molar-refractivity contribution in [1.82, 2.24) is 10.7 Å². The minimum atomic E-state index is -0.610. The zero-order valence-electron chi connectivity index (χ0n) is 19.1. The highest BCUT2D eigenvalue weighted by Crippen LogP contribution is 2.26. The molecule has 3 aromatic rings. The molecule has 2 amide bonds. The Balaban J connectivity index is 1.87. The van der Waals surface area contributed by atoms with Gasteiger partial charge in [0.1, 0.15) is 22.9 Å². The van der Waals surface area contributed by atoms with E-state index < -0.39 is 11.8 Å². The van der Waals surface area contributed by atoms with E-state index in [-0.39, 0.29) is 5.70 Å². The van der Waals surface area contributed by atoms with Gasteiger partial charge in [-0.25, -0.2) is 5.43 Å². The van der Waals surface area contributed by atoms with E-state index in [1.54, 1.807) is 74.9 Å². The summed E-state index contributed by atoms with van der Waals surface area (Å²) in [5, 5.41) is 6.66. The first-order valence-corrected chi connectivity index (χ1v) is 10.3. The zero-order valence-corrected chi connectivity index (χ0v) is 19.1. The highest BCUT2D eigenvalue weighted by Gasteiger charge is 2.15. The van der Waals surface area contributed by atoms with Crippen molar-refractivity contribution in [3.05, 3.63) is 95.2 Å². The molecule has 8 heteroatoms. The first-order chi connectivity index (χ1) is 16.5. The van der Waals surface area contributed by atoms with Crippen LogP contribution in [0.5, 0.6) is 17.2 Å². The Bertz CT molecular complexity index is 1210. The minimum Gasteiger partial charge on any atom is -0.497 e. The molecule has 3 aromatic carbocycles. The lowest BCUT2D eigenvalue weighted by atomic mass is 10.1. The lowest BCUT2D eigenvalue weighted by molar-refractivity contribution is -0.117.